The van der Waals surface area contributed by atoms with E-state index in [2.05, 4.69) is 10.1 Å². The van der Waals surface area contributed by atoms with Crippen LogP contribution in [0, 0.1) is 0 Å². The molecule has 0 saturated carbocycles. The first kappa shape index (κ1) is 9.00. The van der Waals surface area contributed by atoms with Crippen molar-refractivity contribution in [3.05, 3.63) is 29.7 Å². The highest BCUT2D eigenvalue weighted by Crippen LogP contribution is 2.06. The predicted octanol–water partition coefficient (Wildman–Crippen LogP) is 2.41. The number of hydrogen-bond donors (Lipinski definition) is 0. The summed E-state index contributed by atoms with van der Waals surface area (Å²) in [6.07, 6.45) is 3.35. The van der Waals surface area contributed by atoms with Crippen LogP contribution in [0.25, 0.3) is 5.65 Å². The van der Waals surface area contributed by atoms with E-state index >= 15 is 0 Å². The van der Waals surface area contributed by atoms with Crippen molar-refractivity contribution in [1.82, 2.24) is 14.6 Å². The first-order valence-corrected chi connectivity index (χ1v) is 4.20. The number of imidazole rings is 1. The molecule has 0 aromatic carbocycles. The van der Waals surface area contributed by atoms with Crippen molar-refractivity contribution in [3.8, 4) is 0 Å². The minimum absolute atomic E-state index is 0.471. The van der Waals surface area contributed by atoms with E-state index in [0.717, 1.165) is 5.65 Å². The second-order valence-electron chi connectivity index (χ2n) is 1.89. The Balaban J connectivity index is 0.000000336. The lowest BCUT2D eigenvalue weighted by molar-refractivity contribution is 0.936. The summed E-state index contributed by atoms with van der Waals surface area (Å²) >= 11 is 5.61. The molecule has 0 unspecified atom stereocenters. The van der Waals surface area contributed by atoms with Gasteiger partial charge < -0.3 is 0 Å². The molecule has 2 rings (SSSR count). The number of hydrogen-bond acceptors (Lipinski definition) is 2. The Kier molecular flexibility index (Phi) is 3.05. The van der Waals surface area contributed by atoms with Crippen LogP contribution in [0.2, 0.25) is 5.15 Å². The summed E-state index contributed by atoms with van der Waals surface area (Å²) in [6.45, 7) is 4.00. The van der Waals surface area contributed by atoms with Gasteiger partial charge in [-0.2, -0.15) is 5.10 Å². The van der Waals surface area contributed by atoms with Gasteiger partial charge in [-0.3, -0.25) is 0 Å². The van der Waals surface area contributed by atoms with Crippen LogP contribution in [0.4, 0.5) is 0 Å². The van der Waals surface area contributed by atoms with Gasteiger partial charge in [0.15, 0.2) is 5.65 Å². The molecule has 12 heavy (non-hydrogen) atoms. The predicted molar refractivity (Wildman–Crippen MR) is 49.3 cm³/mol. The van der Waals surface area contributed by atoms with Crippen molar-refractivity contribution in [2.24, 2.45) is 0 Å². The van der Waals surface area contributed by atoms with Gasteiger partial charge in [-0.1, -0.05) is 25.4 Å². The smallest absolute Gasteiger partial charge is 0.155 e. The summed E-state index contributed by atoms with van der Waals surface area (Å²) in [6, 6.07) is 3.66. The topological polar surface area (TPSA) is 30.2 Å². The van der Waals surface area contributed by atoms with Gasteiger partial charge in [-0.25, -0.2) is 9.50 Å². The molecule has 2 heterocycles. The van der Waals surface area contributed by atoms with Gasteiger partial charge in [0.1, 0.15) is 5.15 Å². The minimum atomic E-state index is 0.471. The number of halogens is 1. The molecule has 0 fully saturated rings. The van der Waals surface area contributed by atoms with Crippen molar-refractivity contribution in [2.75, 3.05) is 0 Å². The number of fused-ring (bicyclic) bond motifs is 1. The average Bonchev–Trinajstić information content (AvgIpc) is 2.48. The van der Waals surface area contributed by atoms with Crippen LogP contribution in [0.5, 0.6) is 0 Å². The monoisotopic (exact) mass is 183 g/mol. The normalized spacial score (nSPS) is 9.25. The van der Waals surface area contributed by atoms with Gasteiger partial charge in [0.05, 0.1) is 6.20 Å². The average molecular weight is 184 g/mol. The molecular weight excluding hydrogens is 174 g/mol. The number of aromatic nitrogens is 3. The van der Waals surface area contributed by atoms with Crippen LogP contribution in [-0.4, -0.2) is 14.6 Å². The van der Waals surface area contributed by atoms with Crippen molar-refractivity contribution in [1.29, 1.82) is 0 Å². The van der Waals surface area contributed by atoms with Crippen molar-refractivity contribution >= 4 is 17.2 Å². The molecule has 0 amide bonds. The summed E-state index contributed by atoms with van der Waals surface area (Å²) in [5.41, 5.74) is 0.771. The van der Waals surface area contributed by atoms with Crippen LogP contribution < -0.4 is 0 Å². The number of rotatable bonds is 0. The third-order valence-corrected chi connectivity index (χ3v) is 1.39. The lowest BCUT2D eigenvalue weighted by Gasteiger charge is -1.85. The fourth-order valence-electron chi connectivity index (χ4n) is 0.802. The molecule has 0 N–H and O–H groups in total. The van der Waals surface area contributed by atoms with E-state index in [9.17, 15) is 0 Å². The fraction of sp³-hybridized carbons (Fsp3) is 0.250. The Bertz CT molecular complexity index is 323. The second-order valence-corrected chi connectivity index (χ2v) is 2.28. The van der Waals surface area contributed by atoms with Gasteiger partial charge in [0.2, 0.25) is 0 Å². The summed E-state index contributed by atoms with van der Waals surface area (Å²) in [5, 5.41) is 4.44. The molecule has 0 spiro atoms. The maximum atomic E-state index is 5.61. The molecule has 0 radical (unpaired) electrons. The zero-order chi connectivity index (χ0) is 8.97. The molecule has 3 nitrogen and oxygen atoms in total. The molecule has 0 aliphatic heterocycles. The third-order valence-electron chi connectivity index (χ3n) is 1.21. The quantitative estimate of drug-likeness (QED) is 0.628. The zero-order valence-corrected chi connectivity index (χ0v) is 7.78. The highest BCUT2D eigenvalue weighted by atomic mass is 35.5. The Morgan fingerprint density at radius 2 is 2.17 bits per heavy atom. The fourth-order valence-corrected chi connectivity index (χ4v) is 0.981. The van der Waals surface area contributed by atoms with E-state index in [4.69, 9.17) is 11.6 Å². The lowest BCUT2D eigenvalue weighted by atomic mass is 10.6. The summed E-state index contributed by atoms with van der Waals surface area (Å²) in [7, 11) is 0. The van der Waals surface area contributed by atoms with Crippen LogP contribution in [0.15, 0.2) is 24.5 Å². The highest BCUT2D eigenvalue weighted by Gasteiger charge is 1.95. The maximum Gasteiger partial charge on any atom is 0.155 e. The van der Waals surface area contributed by atoms with Crippen LogP contribution in [-0.2, 0) is 0 Å². The van der Waals surface area contributed by atoms with E-state index in [1.165, 1.54) is 0 Å². The Hall–Kier alpha value is -1.09. The van der Waals surface area contributed by atoms with Crippen LogP contribution >= 0.6 is 11.6 Å². The molecule has 0 aliphatic rings. The van der Waals surface area contributed by atoms with Gasteiger partial charge in [0, 0.05) is 6.20 Å². The SMILES string of the molecule is CC.Clc1cn2ncccc2n1. The molecule has 2 aromatic rings. The Morgan fingerprint density at radius 1 is 1.42 bits per heavy atom. The maximum absolute atomic E-state index is 5.61. The first-order chi connectivity index (χ1) is 5.86. The van der Waals surface area contributed by atoms with Crippen molar-refractivity contribution in [3.63, 3.8) is 0 Å². The second kappa shape index (κ2) is 4.07. The lowest BCUT2D eigenvalue weighted by Crippen LogP contribution is -1.85. The van der Waals surface area contributed by atoms with Gasteiger partial charge >= 0.3 is 0 Å². The first-order valence-electron chi connectivity index (χ1n) is 3.82. The van der Waals surface area contributed by atoms with Crippen molar-refractivity contribution in [2.45, 2.75) is 13.8 Å². The zero-order valence-electron chi connectivity index (χ0n) is 7.03. The summed E-state index contributed by atoms with van der Waals surface area (Å²) in [4.78, 5) is 3.98. The number of nitrogens with zero attached hydrogens (tertiary/aromatic N) is 3. The van der Waals surface area contributed by atoms with Crippen LogP contribution in [0.3, 0.4) is 0 Å². The van der Waals surface area contributed by atoms with Gasteiger partial charge in [-0.15, -0.1) is 0 Å². The molecule has 64 valence electrons. The highest BCUT2D eigenvalue weighted by molar-refractivity contribution is 6.29. The molecule has 0 saturated heterocycles. The standard InChI is InChI=1S/C6H4ClN3.C2H6/c7-5-4-10-6(9-5)2-1-3-8-10;1-2/h1-4H;1-2H3. The van der Waals surface area contributed by atoms with Crippen LogP contribution in [0.1, 0.15) is 13.8 Å². The molecule has 0 aliphatic carbocycles. The largest absolute Gasteiger partial charge is 0.220 e. The van der Waals surface area contributed by atoms with Gasteiger partial charge in [-0.05, 0) is 12.1 Å². The van der Waals surface area contributed by atoms with E-state index in [-0.39, 0.29) is 0 Å². The van der Waals surface area contributed by atoms with E-state index in [0.29, 0.717) is 5.15 Å². The third kappa shape index (κ3) is 1.74. The molecule has 4 heteroatoms. The summed E-state index contributed by atoms with van der Waals surface area (Å²) in [5.74, 6) is 0. The van der Waals surface area contributed by atoms with Gasteiger partial charge in [0.25, 0.3) is 0 Å². The summed E-state index contributed by atoms with van der Waals surface area (Å²) < 4.78 is 1.63. The van der Waals surface area contributed by atoms with Crippen molar-refractivity contribution < 1.29 is 0 Å². The molecule has 0 atom stereocenters. The Labute approximate surface area is 76.0 Å². The molecule has 0 bridgehead atoms. The Morgan fingerprint density at radius 3 is 2.83 bits per heavy atom. The van der Waals surface area contributed by atoms with E-state index < -0.39 is 0 Å². The molecular formula is C8H10ClN3. The van der Waals surface area contributed by atoms with E-state index in [1.54, 1.807) is 16.9 Å². The minimum Gasteiger partial charge on any atom is -0.220 e. The molecule has 2 aromatic heterocycles. The van der Waals surface area contributed by atoms with E-state index in [1.807, 2.05) is 26.0 Å².